The summed E-state index contributed by atoms with van der Waals surface area (Å²) in [5.74, 6) is 0.847. The molecule has 0 aliphatic carbocycles. The Balaban J connectivity index is 1.55. The van der Waals surface area contributed by atoms with Gasteiger partial charge in [0.2, 0.25) is 5.71 Å². The number of likely N-dealkylation sites (N-methyl/N-ethyl adjacent to an activating group) is 1. The molecule has 1 aliphatic heterocycles. The number of pyridine rings is 2. The normalized spacial score (nSPS) is 15.7. The first kappa shape index (κ1) is 16.0. The first-order valence-electron chi connectivity index (χ1n) is 9.00. The summed E-state index contributed by atoms with van der Waals surface area (Å²) in [5, 5.41) is 0.791. The summed E-state index contributed by atoms with van der Waals surface area (Å²) in [7, 11) is 2.12. The average molecular weight is 361 g/mol. The molecule has 0 unspecified atom stereocenters. The van der Waals surface area contributed by atoms with Crippen LogP contribution in [0.1, 0.15) is 0 Å². The Labute approximate surface area is 155 Å². The summed E-state index contributed by atoms with van der Waals surface area (Å²) >= 11 is 0. The number of hydrogen-bond acceptors (Lipinski definition) is 6. The number of hydrogen-bond donors (Lipinski definition) is 0. The van der Waals surface area contributed by atoms with Crippen LogP contribution >= 0.6 is 0 Å². The van der Waals surface area contributed by atoms with Gasteiger partial charge in [0.15, 0.2) is 0 Å². The van der Waals surface area contributed by atoms with E-state index in [1.807, 2.05) is 53.2 Å². The van der Waals surface area contributed by atoms with Crippen LogP contribution < -0.4 is 10.5 Å². The first-order chi connectivity index (χ1) is 13.2. The van der Waals surface area contributed by atoms with Crippen molar-refractivity contribution >= 4 is 22.6 Å². The van der Waals surface area contributed by atoms with Crippen molar-refractivity contribution in [1.82, 2.24) is 19.3 Å². The quantitative estimate of drug-likeness (QED) is 0.546. The maximum Gasteiger partial charge on any atom is 0.347 e. The summed E-state index contributed by atoms with van der Waals surface area (Å²) < 4.78 is 7.43. The number of anilines is 1. The van der Waals surface area contributed by atoms with Crippen LogP contribution in [0.25, 0.3) is 28.0 Å². The highest BCUT2D eigenvalue weighted by Crippen LogP contribution is 2.23. The number of fused-ring (bicyclic) bond motifs is 2. The van der Waals surface area contributed by atoms with Crippen molar-refractivity contribution < 1.29 is 4.42 Å². The van der Waals surface area contributed by atoms with Gasteiger partial charge < -0.3 is 18.6 Å². The molecule has 5 heterocycles. The van der Waals surface area contributed by atoms with E-state index in [0.29, 0.717) is 17.0 Å². The van der Waals surface area contributed by atoms with Gasteiger partial charge >= 0.3 is 5.63 Å². The highest BCUT2D eigenvalue weighted by Gasteiger charge is 2.17. The molecule has 0 bridgehead atoms. The molecule has 5 rings (SSSR count). The predicted octanol–water partition coefficient (Wildman–Crippen LogP) is 2.25. The van der Waals surface area contributed by atoms with E-state index in [1.165, 1.54) is 0 Å². The van der Waals surface area contributed by atoms with Gasteiger partial charge in [-0.25, -0.2) is 9.78 Å². The lowest BCUT2D eigenvalue weighted by molar-refractivity contribution is 0.312. The van der Waals surface area contributed by atoms with E-state index in [4.69, 9.17) is 4.42 Å². The van der Waals surface area contributed by atoms with Crippen molar-refractivity contribution in [2.75, 3.05) is 38.1 Å². The maximum atomic E-state index is 12.6. The molecule has 1 saturated heterocycles. The second-order valence-electron chi connectivity index (χ2n) is 6.89. The minimum Gasteiger partial charge on any atom is -0.403 e. The summed E-state index contributed by atoms with van der Waals surface area (Å²) in [5.41, 5.74) is 1.77. The summed E-state index contributed by atoms with van der Waals surface area (Å²) in [6.07, 6.45) is 3.73. The zero-order valence-corrected chi connectivity index (χ0v) is 15.0. The summed E-state index contributed by atoms with van der Waals surface area (Å²) in [6.45, 7) is 3.82. The molecule has 0 spiro atoms. The smallest absolute Gasteiger partial charge is 0.347 e. The molecule has 4 aromatic heterocycles. The molecule has 1 aliphatic rings. The maximum absolute atomic E-state index is 12.6. The first-order valence-corrected chi connectivity index (χ1v) is 9.00. The summed E-state index contributed by atoms with van der Waals surface area (Å²) in [4.78, 5) is 26.2. The van der Waals surface area contributed by atoms with Crippen molar-refractivity contribution in [1.29, 1.82) is 0 Å². The molecule has 7 nitrogen and oxygen atoms in total. The Kier molecular flexibility index (Phi) is 3.68. The molecule has 0 N–H and O–H groups in total. The van der Waals surface area contributed by atoms with E-state index in [2.05, 4.69) is 26.8 Å². The van der Waals surface area contributed by atoms with Crippen LogP contribution in [0, 0.1) is 0 Å². The number of rotatable bonds is 2. The predicted molar refractivity (Wildman–Crippen MR) is 104 cm³/mol. The van der Waals surface area contributed by atoms with Crippen LogP contribution in [0.3, 0.4) is 0 Å². The Hall–Kier alpha value is -3.19. The lowest BCUT2D eigenvalue weighted by Gasteiger charge is -2.33. The molecule has 0 atom stereocenters. The molecule has 0 saturated carbocycles. The Morgan fingerprint density at radius 1 is 1.04 bits per heavy atom. The number of nitrogens with zero attached hydrogens (tertiary/aromatic N) is 5. The van der Waals surface area contributed by atoms with E-state index in [0.717, 1.165) is 43.0 Å². The van der Waals surface area contributed by atoms with Crippen molar-refractivity contribution in [2.45, 2.75) is 0 Å². The van der Waals surface area contributed by atoms with E-state index in [1.54, 1.807) is 0 Å². The Morgan fingerprint density at radius 3 is 2.70 bits per heavy atom. The lowest BCUT2D eigenvalue weighted by atomic mass is 10.2. The van der Waals surface area contributed by atoms with Gasteiger partial charge in [0.25, 0.3) is 0 Å². The molecule has 0 amide bonds. The minimum atomic E-state index is -0.422. The van der Waals surface area contributed by atoms with Crippen LogP contribution in [0.15, 0.2) is 58.0 Å². The molecule has 1 fully saturated rings. The fourth-order valence-electron chi connectivity index (χ4n) is 3.44. The number of piperazine rings is 1. The zero-order valence-electron chi connectivity index (χ0n) is 15.0. The van der Waals surface area contributed by atoms with Crippen molar-refractivity contribution in [3.05, 3.63) is 59.2 Å². The number of aromatic nitrogens is 3. The van der Waals surface area contributed by atoms with Gasteiger partial charge in [0.05, 0.1) is 11.3 Å². The molecule has 0 aromatic carbocycles. The van der Waals surface area contributed by atoms with E-state index in [9.17, 15) is 4.79 Å². The topological polar surface area (TPSA) is 66.9 Å². The third kappa shape index (κ3) is 2.86. The molecular weight excluding hydrogens is 342 g/mol. The zero-order chi connectivity index (χ0) is 18.4. The number of imidazole rings is 1. The van der Waals surface area contributed by atoms with Gasteiger partial charge in [-0.3, -0.25) is 0 Å². The van der Waals surface area contributed by atoms with Gasteiger partial charge in [-0.15, -0.1) is 0 Å². The van der Waals surface area contributed by atoms with Crippen LogP contribution in [0.4, 0.5) is 5.82 Å². The minimum absolute atomic E-state index is 0.365. The largest absolute Gasteiger partial charge is 0.403 e. The van der Waals surface area contributed by atoms with Crippen molar-refractivity contribution in [3.63, 3.8) is 0 Å². The van der Waals surface area contributed by atoms with Crippen molar-refractivity contribution in [3.8, 4) is 11.3 Å². The molecule has 7 heteroatoms. The molecule has 136 valence electrons. The molecule has 0 radical (unpaired) electrons. The van der Waals surface area contributed by atoms with E-state index < -0.39 is 5.63 Å². The van der Waals surface area contributed by atoms with Gasteiger partial charge in [-0.1, -0.05) is 6.07 Å². The van der Waals surface area contributed by atoms with Gasteiger partial charge in [0.1, 0.15) is 11.5 Å². The van der Waals surface area contributed by atoms with Gasteiger partial charge in [0, 0.05) is 44.0 Å². The molecule has 27 heavy (non-hydrogen) atoms. The van der Waals surface area contributed by atoms with E-state index in [-0.39, 0.29) is 0 Å². The third-order valence-electron chi connectivity index (χ3n) is 5.05. The van der Waals surface area contributed by atoms with Crippen LogP contribution in [0.2, 0.25) is 0 Å². The fourth-order valence-corrected chi connectivity index (χ4v) is 3.44. The molecular formula is C20H19N5O2. The van der Waals surface area contributed by atoms with Crippen LogP contribution in [-0.2, 0) is 0 Å². The van der Waals surface area contributed by atoms with Gasteiger partial charge in [-0.2, -0.15) is 4.98 Å². The Morgan fingerprint density at radius 2 is 1.89 bits per heavy atom. The SMILES string of the molecule is CN1CCN(c2ccc3cc(-c4cn5ccccc5n4)c(=O)oc3n2)CC1. The average Bonchev–Trinajstić information content (AvgIpc) is 3.11. The fraction of sp³-hybridized carbons (Fsp3) is 0.250. The second-order valence-corrected chi connectivity index (χ2v) is 6.89. The summed E-state index contributed by atoms with van der Waals surface area (Å²) in [6, 6.07) is 11.5. The molecule has 4 aromatic rings. The highest BCUT2D eigenvalue weighted by molar-refractivity contribution is 5.80. The van der Waals surface area contributed by atoms with Crippen LogP contribution in [-0.4, -0.2) is 52.5 Å². The van der Waals surface area contributed by atoms with Crippen molar-refractivity contribution in [2.24, 2.45) is 0 Å². The standard InChI is InChI=1S/C20H19N5O2/c1-23-8-10-24(11-9-23)18-6-5-14-12-15(20(26)27-19(14)22-18)16-13-25-7-3-2-4-17(25)21-16/h2-7,12-13H,8-11H2,1H3. The Bertz CT molecular complexity index is 1150. The monoisotopic (exact) mass is 361 g/mol. The van der Waals surface area contributed by atoms with E-state index >= 15 is 0 Å². The highest BCUT2D eigenvalue weighted by atomic mass is 16.4. The second kappa shape index (κ2) is 6.21. The van der Waals surface area contributed by atoms with Gasteiger partial charge in [-0.05, 0) is 37.4 Å². The van der Waals surface area contributed by atoms with Crippen LogP contribution in [0.5, 0.6) is 0 Å². The third-order valence-corrected chi connectivity index (χ3v) is 5.05. The lowest BCUT2D eigenvalue weighted by Crippen LogP contribution is -2.44.